The van der Waals surface area contributed by atoms with E-state index < -0.39 is 8.32 Å². The first-order chi connectivity index (χ1) is 15.4. The van der Waals surface area contributed by atoms with Crippen molar-refractivity contribution in [2.24, 2.45) is 52.3 Å². The van der Waals surface area contributed by atoms with Crippen LogP contribution in [-0.2, 0) is 4.43 Å². The van der Waals surface area contributed by atoms with E-state index in [0.717, 1.165) is 35.5 Å². The van der Waals surface area contributed by atoms with E-state index in [1.807, 2.05) is 5.57 Å². The van der Waals surface area contributed by atoms with Gasteiger partial charge in [0.2, 0.25) is 0 Å². The average Bonchev–Trinajstić information content (AvgIpc) is 3.06. The second-order valence-electron chi connectivity index (χ2n) is 14.9. The smallest absolute Gasteiger partial charge is 0.184 e. The zero-order chi connectivity index (χ0) is 24.2. The Kier molecular flexibility index (Phi) is 7.42. The van der Waals surface area contributed by atoms with Crippen molar-refractivity contribution < 1.29 is 4.43 Å². The van der Waals surface area contributed by atoms with Crippen LogP contribution >= 0.6 is 0 Å². The van der Waals surface area contributed by atoms with Crippen LogP contribution in [0.3, 0.4) is 0 Å². The molecule has 0 amide bonds. The summed E-state index contributed by atoms with van der Waals surface area (Å²) in [4.78, 5) is 0. The molecule has 0 heterocycles. The second-order valence-corrected chi connectivity index (χ2v) is 19.3. The van der Waals surface area contributed by atoms with Gasteiger partial charge in [0.25, 0.3) is 0 Å². The first-order valence-electron chi connectivity index (χ1n) is 14.7. The number of rotatable bonds is 7. The van der Waals surface area contributed by atoms with Crippen LogP contribution in [-0.4, -0.2) is 14.4 Å². The molecule has 4 aliphatic rings. The number of fused-ring (bicyclic) bond motifs is 5. The second kappa shape index (κ2) is 9.42. The largest absolute Gasteiger partial charge is 0.414 e. The third kappa shape index (κ3) is 4.83. The molecule has 0 aromatic rings. The van der Waals surface area contributed by atoms with Gasteiger partial charge in [0.05, 0.1) is 0 Å². The fourth-order valence-electron chi connectivity index (χ4n) is 9.58. The van der Waals surface area contributed by atoms with E-state index >= 15 is 0 Å². The molecule has 190 valence electrons. The molecule has 4 rings (SSSR count). The summed E-state index contributed by atoms with van der Waals surface area (Å²) in [7, 11) is -1.48. The Bertz CT molecular complexity index is 719. The molecule has 0 spiro atoms. The zero-order valence-electron chi connectivity index (χ0n) is 23.7. The van der Waals surface area contributed by atoms with Crippen molar-refractivity contribution in [1.82, 2.24) is 0 Å². The molecule has 1 nitrogen and oxygen atoms in total. The number of hydrogen-bond donors (Lipinski definition) is 0. The van der Waals surface area contributed by atoms with Crippen LogP contribution in [0.2, 0.25) is 19.6 Å². The Hall–Kier alpha value is -0.0831. The van der Waals surface area contributed by atoms with E-state index in [2.05, 4.69) is 67.3 Å². The van der Waals surface area contributed by atoms with Gasteiger partial charge < -0.3 is 4.43 Å². The summed E-state index contributed by atoms with van der Waals surface area (Å²) in [6.45, 7) is 22.4. The van der Waals surface area contributed by atoms with Crippen molar-refractivity contribution in [3.8, 4) is 0 Å². The SMILES string of the molecule is CC(C)CCCC(C)C1CCC2C3=CCC4C(C)C(O[Si](C)(C)C)CCC4(C)C3CCC21C. The summed E-state index contributed by atoms with van der Waals surface area (Å²) in [6, 6.07) is 0. The minimum Gasteiger partial charge on any atom is -0.414 e. The van der Waals surface area contributed by atoms with Crippen LogP contribution in [0, 0.1) is 52.3 Å². The molecule has 3 saturated carbocycles. The maximum absolute atomic E-state index is 6.71. The molecule has 2 heteroatoms. The highest BCUT2D eigenvalue weighted by molar-refractivity contribution is 6.69. The molecule has 4 aliphatic carbocycles. The van der Waals surface area contributed by atoms with Crippen LogP contribution in [0.25, 0.3) is 0 Å². The average molecular weight is 473 g/mol. The van der Waals surface area contributed by atoms with Crippen LogP contribution in [0.1, 0.15) is 106 Å². The van der Waals surface area contributed by atoms with Gasteiger partial charge in [0, 0.05) is 6.10 Å². The van der Waals surface area contributed by atoms with Gasteiger partial charge in [-0.1, -0.05) is 72.5 Å². The summed E-state index contributed by atoms with van der Waals surface area (Å²) in [6.07, 6.45) is 17.4. The Morgan fingerprint density at radius 2 is 1.61 bits per heavy atom. The lowest BCUT2D eigenvalue weighted by atomic mass is 9.46. The lowest BCUT2D eigenvalue weighted by Crippen LogP contribution is -2.54. The van der Waals surface area contributed by atoms with E-state index in [-0.39, 0.29) is 0 Å². The van der Waals surface area contributed by atoms with Gasteiger partial charge in [-0.25, -0.2) is 0 Å². The normalized spacial score (nSPS) is 44.1. The van der Waals surface area contributed by atoms with E-state index in [4.69, 9.17) is 4.43 Å². The minimum absolute atomic E-state index is 0.501. The summed E-state index contributed by atoms with van der Waals surface area (Å²) < 4.78 is 6.71. The summed E-state index contributed by atoms with van der Waals surface area (Å²) in [5.74, 6) is 5.95. The van der Waals surface area contributed by atoms with E-state index in [9.17, 15) is 0 Å². The fraction of sp³-hybridized carbons (Fsp3) is 0.935. The third-order valence-electron chi connectivity index (χ3n) is 11.3. The maximum atomic E-state index is 6.71. The molecule has 0 saturated heterocycles. The Balaban J connectivity index is 1.50. The van der Waals surface area contributed by atoms with Crippen LogP contribution in [0.15, 0.2) is 11.6 Å². The molecule has 0 N–H and O–H groups in total. The maximum Gasteiger partial charge on any atom is 0.184 e. The predicted molar refractivity (Wildman–Crippen MR) is 146 cm³/mol. The molecule has 0 aromatic carbocycles. The van der Waals surface area contributed by atoms with Crippen LogP contribution in [0.5, 0.6) is 0 Å². The lowest BCUT2D eigenvalue weighted by molar-refractivity contribution is -0.0718. The van der Waals surface area contributed by atoms with Crippen molar-refractivity contribution in [3.05, 3.63) is 11.6 Å². The van der Waals surface area contributed by atoms with Gasteiger partial charge in [0.1, 0.15) is 0 Å². The lowest BCUT2D eigenvalue weighted by Gasteiger charge is -2.60. The minimum atomic E-state index is -1.48. The highest BCUT2D eigenvalue weighted by atomic mass is 28.4. The molecule has 9 atom stereocenters. The number of hydrogen-bond acceptors (Lipinski definition) is 1. The van der Waals surface area contributed by atoms with Gasteiger partial charge in [-0.3, -0.25) is 0 Å². The van der Waals surface area contributed by atoms with Crippen molar-refractivity contribution in [2.45, 2.75) is 131 Å². The van der Waals surface area contributed by atoms with Gasteiger partial charge in [-0.05, 0) is 117 Å². The molecule has 0 aliphatic heterocycles. The summed E-state index contributed by atoms with van der Waals surface area (Å²) in [5, 5.41) is 0. The first kappa shape index (κ1) is 26.0. The summed E-state index contributed by atoms with van der Waals surface area (Å²) in [5.41, 5.74) is 2.99. The van der Waals surface area contributed by atoms with Gasteiger partial charge >= 0.3 is 0 Å². The molecule has 0 radical (unpaired) electrons. The quantitative estimate of drug-likeness (QED) is 0.265. The van der Waals surface area contributed by atoms with Crippen molar-refractivity contribution >= 4 is 8.32 Å². The molecule has 9 unspecified atom stereocenters. The number of allylic oxidation sites excluding steroid dienone is 2. The monoisotopic (exact) mass is 472 g/mol. The van der Waals surface area contributed by atoms with E-state index in [0.29, 0.717) is 22.9 Å². The van der Waals surface area contributed by atoms with Crippen molar-refractivity contribution in [3.63, 3.8) is 0 Å². The molecule has 0 aromatic heterocycles. The first-order valence-corrected chi connectivity index (χ1v) is 18.2. The molecular formula is C31H56OSi. The van der Waals surface area contributed by atoms with Gasteiger partial charge in [0.15, 0.2) is 8.32 Å². The van der Waals surface area contributed by atoms with E-state index in [1.165, 1.54) is 64.2 Å². The Morgan fingerprint density at radius 3 is 2.27 bits per heavy atom. The highest BCUT2D eigenvalue weighted by Crippen LogP contribution is 2.67. The van der Waals surface area contributed by atoms with Crippen molar-refractivity contribution in [1.29, 1.82) is 0 Å². The molecule has 3 fully saturated rings. The molecular weight excluding hydrogens is 416 g/mol. The summed E-state index contributed by atoms with van der Waals surface area (Å²) >= 11 is 0. The van der Waals surface area contributed by atoms with Gasteiger partial charge in [-0.2, -0.15) is 0 Å². The molecule has 33 heavy (non-hydrogen) atoms. The van der Waals surface area contributed by atoms with Crippen LogP contribution < -0.4 is 0 Å². The fourth-order valence-corrected chi connectivity index (χ4v) is 10.8. The Morgan fingerprint density at radius 1 is 0.939 bits per heavy atom. The van der Waals surface area contributed by atoms with Crippen LogP contribution in [0.4, 0.5) is 0 Å². The third-order valence-corrected chi connectivity index (χ3v) is 12.3. The van der Waals surface area contributed by atoms with Crippen molar-refractivity contribution in [2.75, 3.05) is 0 Å². The van der Waals surface area contributed by atoms with Gasteiger partial charge in [-0.15, -0.1) is 0 Å². The standard InChI is InChI=1S/C31H56OSi/c1-21(2)11-10-12-22(3)25-15-16-27-24-13-14-26-23(4)29(32-33(7,8)9)18-20-31(26,6)28(24)17-19-30(25,27)5/h13,21-23,25-29H,10-12,14-20H2,1-9H3. The topological polar surface area (TPSA) is 9.23 Å². The highest BCUT2D eigenvalue weighted by Gasteiger charge is 2.59. The Labute approximate surface area is 208 Å². The predicted octanol–water partition coefficient (Wildman–Crippen LogP) is 9.49. The van der Waals surface area contributed by atoms with E-state index in [1.54, 1.807) is 0 Å². The zero-order valence-corrected chi connectivity index (χ0v) is 24.7. The molecule has 0 bridgehead atoms.